The number of rotatable bonds is 4. The smallest absolute Gasteiger partial charge is 0.159 e. The van der Waals surface area contributed by atoms with Crippen LogP contribution in [0.15, 0.2) is 65.1 Å². The van der Waals surface area contributed by atoms with Crippen LogP contribution < -0.4 is 4.90 Å². The van der Waals surface area contributed by atoms with Gasteiger partial charge >= 0.3 is 0 Å². The van der Waals surface area contributed by atoms with Gasteiger partial charge in [-0.1, -0.05) is 75.6 Å². The second-order valence-corrected chi connectivity index (χ2v) is 8.71. The summed E-state index contributed by atoms with van der Waals surface area (Å²) in [6.45, 7) is 3.81. The first-order chi connectivity index (χ1) is 15.3. The van der Waals surface area contributed by atoms with Gasteiger partial charge in [-0.05, 0) is 54.0 Å². The first kappa shape index (κ1) is 17.0. The molecule has 0 atom stereocenters. The molecule has 1 aliphatic rings. The SMILES string of the molecule is [2H]C(C)(C)c1ccc(N(C)c2cccc3c2oc2c(C4([2H])CCCCC4)cccc23)cc1. The number of anilines is 2. The van der Waals surface area contributed by atoms with Gasteiger partial charge in [0.25, 0.3) is 0 Å². The number of furan rings is 1. The normalized spacial score (nSPS) is 17.7. The molecule has 1 aliphatic carbocycles. The van der Waals surface area contributed by atoms with Crippen molar-refractivity contribution >= 4 is 33.3 Å². The minimum absolute atomic E-state index is 0.559. The van der Waals surface area contributed by atoms with Crippen LogP contribution in [-0.2, 0) is 0 Å². The molecule has 3 aromatic carbocycles. The van der Waals surface area contributed by atoms with E-state index in [0.29, 0.717) is 0 Å². The number of para-hydroxylation sites is 2. The van der Waals surface area contributed by atoms with Crippen LogP contribution in [0.5, 0.6) is 0 Å². The van der Waals surface area contributed by atoms with E-state index in [1.807, 2.05) is 26.0 Å². The van der Waals surface area contributed by atoms with Gasteiger partial charge in [-0.25, -0.2) is 0 Å². The van der Waals surface area contributed by atoms with Gasteiger partial charge in [-0.3, -0.25) is 0 Å². The summed E-state index contributed by atoms with van der Waals surface area (Å²) in [6, 6.07) is 20.8. The summed E-state index contributed by atoms with van der Waals surface area (Å²) in [5.41, 5.74) is 5.81. The molecule has 2 nitrogen and oxygen atoms in total. The number of hydrogen-bond acceptors (Lipinski definition) is 2. The van der Waals surface area contributed by atoms with E-state index in [2.05, 4.69) is 60.5 Å². The van der Waals surface area contributed by atoms with Crippen LogP contribution in [0.2, 0.25) is 0 Å². The molecule has 0 N–H and O–H groups in total. The highest BCUT2D eigenvalue weighted by molar-refractivity contribution is 6.10. The van der Waals surface area contributed by atoms with E-state index in [1.54, 1.807) is 0 Å². The van der Waals surface area contributed by atoms with Crippen molar-refractivity contribution in [3.05, 3.63) is 71.8 Å². The van der Waals surface area contributed by atoms with Gasteiger partial charge in [0.05, 0.1) is 5.69 Å². The number of hydrogen-bond donors (Lipinski definition) is 0. The zero-order valence-corrected chi connectivity index (χ0v) is 18.2. The maximum absolute atomic E-state index is 9.17. The summed E-state index contributed by atoms with van der Waals surface area (Å²) in [5, 5.41) is 2.19. The van der Waals surface area contributed by atoms with E-state index in [1.165, 1.54) is 6.42 Å². The highest BCUT2D eigenvalue weighted by atomic mass is 16.3. The quantitative estimate of drug-likeness (QED) is 0.342. The van der Waals surface area contributed by atoms with E-state index < -0.39 is 11.8 Å². The summed E-state index contributed by atoms with van der Waals surface area (Å²) < 4.78 is 24.0. The molecular weight excluding hydrogens is 366 g/mol. The molecule has 0 amide bonds. The molecule has 0 spiro atoms. The van der Waals surface area contributed by atoms with Gasteiger partial charge in [0, 0.05) is 26.2 Å². The van der Waals surface area contributed by atoms with Gasteiger partial charge in [0.1, 0.15) is 5.58 Å². The van der Waals surface area contributed by atoms with Crippen molar-refractivity contribution in [2.75, 3.05) is 11.9 Å². The van der Waals surface area contributed by atoms with E-state index >= 15 is 0 Å². The Labute approximate surface area is 182 Å². The Bertz CT molecular complexity index is 1260. The van der Waals surface area contributed by atoms with E-state index in [-0.39, 0.29) is 0 Å². The Morgan fingerprint density at radius 3 is 2.27 bits per heavy atom. The predicted octanol–water partition coefficient (Wildman–Crippen LogP) is 8.53. The fraction of sp³-hybridized carbons (Fsp3) is 0.357. The zero-order chi connectivity index (χ0) is 22.5. The van der Waals surface area contributed by atoms with Crippen LogP contribution in [0.1, 0.15) is 71.6 Å². The molecule has 0 radical (unpaired) electrons. The minimum atomic E-state index is -0.614. The lowest BCUT2D eigenvalue weighted by Gasteiger charge is -2.22. The summed E-state index contributed by atoms with van der Waals surface area (Å²) >= 11 is 0. The first-order valence-electron chi connectivity index (χ1n) is 12.1. The van der Waals surface area contributed by atoms with E-state index in [4.69, 9.17) is 5.79 Å². The Morgan fingerprint density at radius 1 is 0.900 bits per heavy atom. The Morgan fingerprint density at radius 2 is 1.57 bits per heavy atom. The maximum Gasteiger partial charge on any atom is 0.159 e. The van der Waals surface area contributed by atoms with Crippen molar-refractivity contribution in [2.24, 2.45) is 0 Å². The lowest BCUT2D eigenvalue weighted by Crippen LogP contribution is -2.09. The molecule has 1 heterocycles. The minimum Gasteiger partial charge on any atom is -0.454 e. The average molecular weight is 400 g/mol. The third-order valence-electron chi connectivity index (χ3n) is 6.53. The summed E-state index contributed by atoms with van der Waals surface area (Å²) in [4.78, 5) is 2.14. The van der Waals surface area contributed by atoms with E-state index in [9.17, 15) is 1.37 Å². The number of nitrogens with zero attached hydrogens (tertiary/aromatic N) is 1. The largest absolute Gasteiger partial charge is 0.454 e. The van der Waals surface area contributed by atoms with Crippen LogP contribution in [-0.4, -0.2) is 7.05 Å². The standard InChI is InChI=1S/C28H31NO/c1-19(2)20-15-17-22(18-16-20)29(3)26-14-8-13-25-24-12-7-11-23(27(24)30-28(25)26)21-9-5-4-6-10-21/h7-8,11-19,21H,4-6,9-10H2,1-3H3/i19D,21D. The van der Waals surface area contributed by atoms with Crippen LogP contribution >= 0.6 is 0 Å². The molecule has 5 rings (SSSR count). The fourth-order valence-electron chi connectivity index (χ4n) is 4.75. The molecule has 2 heteroatoms. The van der Waals surface area contributed by atoms with Crippen molar-refractivity contribution in [3.8, 4) is 0 Å². The maximum atomic E-state index is 9.17. The third-order valence-corrected chi connectivity index (χ3v) is 6.53. The summed E-state index contributed by atoms with van der Waals surface area (Å²) in [6.07, 6.45) is 5.24. The first-order valence-corrected chi connectivity index (χ1v) is 11.1. The molecule has 0 saturated heterocycles. The highest BCUT2D eigenvalue weighted by Crippen LogP contribution is 2.42. The molecule has 0 bridgehead atoms. The lowest BCUT2D eigenvalue weighted by atomic mass is 9.83. The van der Waals surface area contributed by atoms with E-state index in [0.717, 1.165) is 70.1 Å². The molecule has 0 unspecified atom stereocenters. The zero-order valence-electron chi connectivity index (χ0n) is 20.2. The molecule has 0 aliphatic heterocycles. The van der Waals surface area contributed by atoms with Gasteiger partial charge < -0.3 is 9.32 Å². The predicted molar refractivity (Wildman–Crippen MR) is 128 cm³/mol. The molecule has 30 heavy (non-hydrogen) atoms. The summed E-state index contributed by atoms with van der Waals surface area (Å²) in [5.74, 6) is -1.17. The summed E-state index contributed by atoms with van der Waals surface area (Å²) in [7, 11) is 2.05. The van der Waals surface area contributed by atoms with Crippen LogP contribution in [0.3, 0.4) is 0 Å². The Hall–Kier alpha value is -2.74. The average Bonchev–Trinajstić information content (AvgIpc) is 3.17. The molecule has 4 aromatic rings. The van der Waals surface area contributed by atoms with Crippen molar-refractivity contribution in [1.82, 2.24) is 0 Å². The van der Waals surface area contributed by atoms with Crippen molar-refractivity contribution in [1.29, 1.82) is 0 Å². The van der Waals surface area contributed by atoms with Gasteiger partial charge in [-0.2, -0.15) is 0 Å². The molecule has 1 aromatic heterocycles. The Kier molecular flexibility index (Phi) is 4.44. The highest BCUT2D eigenvalue weighted by Gasteiger charge is 2.22. The third kappa shape index (κ3) is 3.29. The second kappa shape index (κ2) is 7.83. The van der Waals surface area contributed by atoms with Crippen LogP contribution in [0.25, 0.3) is 21.9 Å². The van der Waals surface area contributed by atoms with Crippen LogP contribution in [0.4, 0.5) is 11.4 Å². The molecule has 1 fully saturated rings. The lowest BCUT2D eigenvalue weighted by molar-refractivity contribution is 0.442. The topological polar surface area (TPSA) is 16.4 Å². The van der Waals surface area contributed by atoms with Crippen molar-refractivity contribution in [2.45, 2.75) is 57.7 Å². The van der Waals surface area contributed by atoms with Crippen LogP contribution in [0, 0.1) is 0 Å². The second-order valence-electron chi connectivity index (χ2n) is 8.71. The van der Waals surface area contributed by atoms with Gasteiger partial charge in [0.15, 0.2) is 5.58 Å². The number of fused-ring (bicyclic) bond motifs is 3. The van der Waals surface area contributed by atoms with Gasteiger partial charge in [-0.15, -0.1) is 0 Å². The van der Waals surface area contributed by atoms with Gasteiger partial charge in [0.2, 0.25) is 0 Å². The molecular formula is C28H31NO. The van der Waals surface area contributed by atoms with Crippen molar-refractivity contribution < 1.29 is 7.16 Å². The monoisotopic (exact) mass is 399 g/mol. The Balaban J connectivity index is 1.62. The number of benzene rings is 3. The van der Waals surface area contributed by atoms with Crippen molar-refractivity contribution in [3.63, 3.8) is 0 Å². The molecule has 154 valence electrons. The molecule has 1 saturated carbocycles. The fourth-order valence-corrected chi connectivity index (χ4v) is 4.75.